The van der Waals surface area contributed by atoms with Gasteiger partial charge in [0.1, 0.15) is 23.2 Å². The molecule has 0 aliphatic heterocycles. The number of aryl methyl sites for hydroxylation is 1. The van der Waals surface area contributed by atoms with Gasteiger partial charge in [-0.25, -0.2) is 9.97 Å². The first-order valence-corrected chi connectivity index (χ1v) is 6.44. The van der Waals surface area contributed by atoms with Gasteiger partial charge in [0.25, 0.3) is 0 Å². The number of ether oxygens (including phenoxy) is 1. The molecule has 0 radical (unpaired) electrons. The molecule has 6 heteroatoms. The average molecular weight is 265 g/mol. The number of anilines is 1. The molecule has 0 amide bonds. The van der Waals surface area contributed by atoms with Gasteiger partial charge in [-0.15, -0.1) is 0 Å². The minimum atomic E-state index is 0.374. The van der Waals surface area contributed by atoms with Crippen molar-refractivity contribution in [3.63, 3.8) is 0 Å². The topological polar surface area (TPSA) is 74.2 Å². The van der Waals surface area contributed by atoms with Crippen LogP contribution in [-0.4, -0.2) is 16.6 Å². The van der Waals surface area contributed by atoms with E-state index in [1.54, 1.807) is 12.3 Å². The van der Waals surface area contributed by atoms with Crippen LogP contribution < -0.4 is 5.73 Å². The van der Waals surface area contributed by atoms with Crippen LogP contribution in [0.2, 0.25) is 0 Å². The third-order valence-corrected chi connectivity index (χ3v) is 3.29. The van der Waals surface area contributed by atoms with Crippen LogP contribution in [0.25, 0.3) is 0 Å². The Kier molecular flexibility index (Phi) is 4.22. The first-order valence-electron chi connectivity index (χ1n) is 5.62. The highest BCUT2D eigenvalue weighted by atomic mass is 32.2. The van der Waals surface area contributed by atoms with Crippen LogP contribution >= 0.6 is 11.8 Å². The van der Waals surface area contributed by atoms with Crippen molar-refractivity contribution in [1.29, 1.82) is 0 Å². The van der Waals surface area contributed by atoms with Gasteiger partial charge in [-0.1, -0.05) is 11.8 Å². The van der Waals surface area contributed by atoms with Crippen molar-refractivity contribution >= 4 is 17.6 Å². The van der Waals surface area contributed by atoms with E-state index in [2.05, 4.69) is 9.97 Å². The van der Waals surface area contributed by atoms with Crippen molar-refractivity contribution in [2.45, 2.75) is 30.4 Å². The van der Waals surface area contributed by atoms with Crippen molar-refractivity contribution < 1.29 is 9.15 Å². The molecule has 0 unspecified atom stereocenters. The van der Waals surface area contributed by atoms with E-state index in [4.69, 9.17) is 14.9 Å². The van der Waals surface area contributed by atoms with Gasteiger partial charge in [-0.2, -0.15) is 0 Å². The molecular formula is C12H15N3O2S. The van der Waals surface area contributed by atoms with Crippen LogP contribution in [0.3, 0.4) is 0 Å². The smallest absolute Gasteiger partial charge is 0.157 e. The molecule has 0 saturated carbocycles. The van der Waals surface area contributed by atoms with Crippen molar-refractivity contribution in [1.82, 2.24) is 9.97 Å². The predicted octanol–water partition coefficient (Wildman–Crippen LogP) is 2.65. The van der Waals surface area contributed by atoms with Gasteiger partial charge < -0.3 is 14.9 Å². The summed E-state index contributed by atoms with van der Waals surface area (Å²) in [4.78, 5) is 9.54. The van der Waals surface area contributed by atoms with Gasteiger partial charge in [0, 0.05) is 12.7 Å². The molecule has 2 rings (SSSR count). The zero-order chi connectivity index (χ0) is 13.0. The van der Waals surface area contributed by atoms with Crippen LogP contribution in [0.5, 0.6) is 0 Å². The quantitative estimate of drug-likeness (QED) is 0.838. The summed E-state index contributed by atoms with van der Waals surface area (Å²) >= 11 is 1.50. The lowest BCUT2D eigenvalue weighted by Crippen LogP contribution is -2.03. The average Bonchev–Trinajstić information content (AvgIpc) is 2.72. The fourth-order valence-electron chi connectivity index (χ4n) is 1.39. The van der Waals surface area contributed by atoms with Gasteiger partial charge in [-0.05, 0) is 19.9 Å². The molecule has 0 atom stereocenters. The number of aromatic nitrogens is 2. The molecule has 0 saturated heterocycles. The van der Waals surface area contributed by atoms with Crippen LogP contribution in [-0.2, 0) is 11.3 Å². The summed E-state index contributed by atoms with van der Waals surface area (Å²) in [5.74, 6) is 1.91. The maximum atomic E-state index is 5.75. The highest BCUT2D eigenvalue weighted by Crippen LogP contribution is 2.30. The number of rotatable bonds is 5. The lowest BCUT2D eigenvalue weighted by molar-refractivity contribution is 0.128. The largest absolute Gasteiger partial charge is 0.468 e. The Morgan fingerprint density at radius 3 is 2.94 bits per heavy atom. The van der Waals surface area contributed by atoms with Crippen LogP contribution in [0, 0.1) is 6.92 Å². The van der Waals surface area contributed by atoms with E-state index in [1.807, 2.05) is 19.9 Å². The molecule has 0 aliphatic rings. The van der Waals surface area contributed by atoms with E-state index in [1.165, 1.54) is 11.8 Å². The van der Waals surface area contributed by atoms with E-state index in [0.717, 1.165) is 15.7 Å². The lowest BCUT2D eigenvalue weighted by Gasteiger charge is -2.05. The summed E-state index contributed by atoms with van der Waals surface area (Å²) in [5.41, 5.74) is 5.75. The Morgan fingerprint density at radius 1 is 1.44 bits per heavy atom. The van der Waals surface area contributed by atoms with E-state index >= 15 is 0 Å². The highest BCUT2D eigenvalue weighted by molar-refractivity contribution is 7.99. The maximum Gasteiger partial charge on any atom is 0.157 e. The molecule has 18 heavy (non-hydrogen) atoms. The SMILES string of the molecule is CCOCc1nc(N)cc(Sc2ccoc2C)n1. The Morgan fingerprint density at radius 2 is 2.28 bits per heavy atom. The molecule has 0 fully saturated rings. The molecule has 0 aliphatic carbocycles. The normalized spacial score (nSPS) is 10.8. The van der Waals surface area contributed by atoms with Gasteiger partial charge in [-0.3, -0.25) is 0 Å². The maximum absolute atomic E-state index is 5.75. The number of nitrogens with two attached hydrogens (primary N) is 1. The van der Waals surface area contributed by atoms with Crippen molar-refractivity contribution in [2.75, 3.05) is 12.3 Å². The number of nitrogens with zero attached hydrogens (tertiary/aromatic N) is 2. The Balaban J connectivity index is 2.17. The summed E-state index contributed by atoms with van der Waals surface area (Å²) in [6.45, 7) is 4.84. The zero-order valence-corrected chi connectivity index (χ0v) is 11.2. The standard InChI is InChI=1S/C12H15N3O2S/c1-3-16-7-11-14-10(13)6-12(15-11)18-9-4-5-17-8(9)2/h4-6H,3,7H2,1-2H3,(H2,13,14,15). The Bertz CT molecular complexity index is 528. The number of furan rings is 1. The first kappa shape index (κ1) is 12.9. The van der Waals surface area contributed by atoms with Gasteiger partial charge in [0.15, 0.2) is 5.82 Å². The Hall–Kier alpha value is -1.53. The second-order valence-electron chi connectivity index (χ2n) is 3.63. The highest BCUT2D eigenvalue weighted by Gasteiger charge is 2.08. The fourth-order valence-corrected chi connectivity index (χ4v) is 2.27. The number of hydrogen-bond acceptors (Lipinski definition) is 6. The molecule has 2 aromatic heterocycles. The minimum Gasteiger partial charge on any atom is -0.468 e. The first-order chi connectivity index (χ1) is 8.69. The van der Waals surface area contributed by atoms with Gasteiger partial charge in [0.2, 0.25) is 0 Å². The molecule has 2 N–H and O–H groups in total. The van der Waals surface area contributed by atoms with Crippen LogP contribution in [0.4, 0.5) is 5.82 Å². The number of hydrogen-bond donors (Lipinski definition) is 1. The van der Waals surface area contributed by atoms with E-state index in [0.29, 0.717) is 24.9 Å². The zero-order valence-electron chi connectivity index (χ0n) is 10.3. The fraction of sp³-hybridized carbons (Fsp3) is 0.333. The van der Waals surface area contributed by atoms with Crippen LogP contribution in [0.1, 0.15) is 18.5 Å². The summed E-state index contributed by atoms with van der Waals surface area (Å²) in [7, 11) is 0. The molecular weight excluding hydrogens is 250 g/mol. The Labute approximate surface area is 110 Å². The van der Waals surface area contributed by atoms with E-state index < -0.39 is 0 Å². The molecule has 0 aromatic carbocycles. The number of nitrogen functional groups attached to an aromatic ring is 1. The molecule has 0 spiro atoms. The summed E-state index contributed by atoms with van der Waals surface area (Å²) in [6.07, 6.45) is 1.66. The third-order valence-electron chi connectivity index (χ3n) is 2.23. The third kappa shape index (κ3) is 3.24. The van der Waals surface area contributed by atoms with Gasteiger partial charge >= 0.3 is 0 Å². The molecule has 5 nitrogen and oxygen atoms in total. The van der Waals surface area contributed by atoms with Gasteiger partial charge in [0.05, 0.1) is 11.2 Å². The molecule has 0 bridgehead atoms. The van der Waals surface area contributed by atoms with Crippen molar-refractivity contribution in [3.05, 3.63) is 30.0 Å². The molecule has 2 heterocycles. The van der Waals surface area contributed by atoms with E-state index in [-0.39, 0.29) is 0 Å². The molecule has 96 valence electrons. The van der Waals surface area contributed by atoms with Crippen LogP contribution in [0.15, 0.2) is 32.7 Å². The molecule has 2 aromatic rings. The van der Waals surface area contributed by atoms with Crippen molar-refractivity contribution in [3.8, 4) is 0 Å². The monoisotopic (exact) mass is 265 g/mol. The second-order valence-corrected chi connectivity index (χ2v) is 4.69. The minimum absolute atomic E-state index is 0.374. The summed E-state index contributed by atoms with van der Waals surface area (Å²) in [5, 5.41) is 0.793. The predicted molar refractivity (Wildman–Crippen MR) is 69.3 cm³/mol. The van der Waals surface area contributed by atoms with Crippen molar-refractivity contribution in [2.24, 2.45) is 0 Å². The lowest BCUT2D eigenvalue weighted by atomic mass is 10.5. The summed E-state index contributed by atoms with van der Waals surface area (Å²) in [6, 6.07) is 3.65. The summed E-state index contributed by atoms with van der Waals surface area (Å²) < 4.78 is 10.5. The van der Waals surface area contributed by atoms with E-state index in [9.17, 15) is 0 Å². The second kappa shape index (κ2) is 5.88.